The van der Waals surface area contributed by atoms with Crippen LogP contribution in [0.3, 0.4) is 0 Å². The van der Waals surface area contributed by atoms with Crippen LogP contribution >= 0.6 is 0 Å². The second kappa shape index (κ2) is 4.59. The van der Waals surface area contributed by atoms with Crippen molar-refractivity contribution in [2.45, 2.75) is 39.5 Å². The predicted octanol–water partition coefficient (Wildman–Crippen LogP) is 4.34. The lowest BCUT2D eigenvalue weighted by Crippen LogP contribution is -2.20. The van der Waals surface area contributed by atoms with E-state index in [2.05, 4.69) is 26.0 Å². The Bertz CT molecular complexity index is 707. The van der Waals surface area contributed by atoms with E-state index in [4.69, 9.17) is 4.74 Å². The second-order valence-electron chi connectivity index (χ2n) is 6.61. The summed E-state index contributed by atoms with van der Waals surface area (Å²) < 4.78 is 5.95. The maximum Gasteiger partial charge on any atom is 0.163 e. The van der Waals surface area contributed by atoms with Crippen LogP contribution in [-0.2, 0) is 6.42 Å². The molecule has 1 atom stereocenters. The molecule has 0 amide bonds. The summed E-state index contributed by atoms with van der Waals surface area (Å²) in [7, 11) is 0. The van der Waals surface area contributed by atoms with Crippen molar-refractivity contribution in [2.24, 2.45) is 5.92 Å². The van der Waals surface area contributed by atoms with Crippen LogP contribution in [0.25, 0.3) is 5.57 Å². The van der Waals surface area contributed by atoms with Gasteiger partial charge >= 0.3 is 0 Å². The van der Waals surface area contributed by atoms with E-state index in [9.17, 15) is 4.79 Å². The van der Waals surface area contributed by atoms with Crippen molar-refractivity contribution >= 4 is 11.4 Å². The summed E-state index contributed by atoms with van der Waals surface area (Å²) in [6.45, 7) is 5.13. The van der Waals surface area contributed by atoms with E-state index in [1.165, 1.54) is 27.8 Å². The lowest BCUT2D eigenvalue weighted by molar-refractivity contribution is 0.0972. The Kier molecular flexibility index (Phi) is 2.81. The highest BCUT2D eigenvalue weighted by molar-refractivity contribution is 5.99. The normalized spacial score (nSPS) is 23.8. The number of ketones is 1. The Morgan fingerprint density at radius 1 is 1.19 bits per heavy atom. The van der Waals surface area contributed by atoms with Gasteiger partial charge in [-0.05, 0) is 60.9 Å². The number of Topliss-reactive ketones (excluding diaryl/α,β-unsaturated/α-hetero) is 1. The number of carbonyl (C=O) groups is 1. The Morgan fingerprint density at radius 2 is 2.05 bits per heavy atom. The fourth-order valence-electron chi connectivity index (χ4n) is 4.04. The quantitative estimate of drug-likeness (QED) is 0.706. The van der Waals surface area contributed by atoms with Gasteiger partial charge in [0.1, 0.15) is 12.4 Å². The third-order valence-electron chi connectivity index (χ3n) is 4.92. The Morgan fingerprint density at radius 3 is 2.90 bits per heavy atom. The molecule has 0 saturated carbocycles. The second-order valence-corrected chi connectivity index (χ2v) is 6.61. The Hall–Kier alpha value is -1.83. The maximum atomic E-state index is 12.1. The SMILES string of the molecule is CC1=CC2=C(c3cc4c(cc3OC2)C(=O)CCC4)C(C)C1. The molecule has 2 aliphatic carbocycles. The summed E-state index contributed by atoms with van der Waals surface area (Å²) in [5, 5.41) is 0. The molecule has 0 aromatic heterocycles. The topological polar surface area (TPSA) is 26.3 Å². The molecule has 1 aromatic carbocycles. The molecule has 21 heavy (non-hydrogen) atoms. The first kappa shape index (κ1) is 12.9. The molecule has 108 valence electrons. The number of hydrogen-bond donors (Lipinski definition) is 0. The third-order valence-corrected chi connectivity index (χ3v) is 4.92. The number of hydrogen-bond acceptors (Lipinski definition) is 2. The highest BCUT2D eigenvalue weighted by Gasteiger charge is 2.29. The third kappa shape index (κ3) is 1.97. The number of rotatable bonds is 0. The molecule has 2 nitrogen and oxygen atoms in total. The molecular weight excluding hydrogens is 260 g/mol. The van der Waals surface area contributed by atoms with Gasteiger partial charge in [0, 0.05) is 17.5 Å². The van der Waals surface area contributed by atoms with Gasteiger partial charge in [-0.3, -0.25) is 4.79 Å². The van der Waals surface area contributed by atoms with Crippen LogP contribution in [0.5, 0.6) is 5.75 Å². The number of ether oxygens (including phenoxy) is 1. The van der Waals surface area contributed by atoms with Crippen LogP contribution in [0, 0.1) is 5.92 Å². The zero-order valence-electron chi connectivity index (χ0n) is 12.7. The molecule has 0 N–H and O–H groups in total. The van der Waals surface area contributed by atoms with Crippen molar-refractivity contribution in [1.29, 1.82) is 0 Å². The van der Waals surface area contributed by atoms with E-state index in [0.29, 0.717) is 18.9 Å². The van der Waals surface area contributed by atoms with Crippen molar-refractivity contribution in [3.05, 3.63) is 46.0 Å². The van der Waals surface area contributed by atoms with Crippen molar-refractivity contribution in [3.63, 3.8) is 0 Å². The highest BCUT2D eigenvalue weighted by atomic mass is 16.5. The molecular formula is C19H20O2. The number of aryl methyl sites for hydroxylation is 1. The van der Waals surface area contributed by atoms with Gasteiger partial charge in [0.2, 0.25) is 0 Å². The van der Waals surface area contributed by atoms with E-state index >= 15 is 0 Å². The molecule has 1 aliphatic heterocycles. The van der Waals surface area contributed by atoms with Gasteiger partial charge in [-0.25, -0.2) is 0 Å². The molecule has 1 heterocycles. The van der Waals surface area contributed by atoms with Crippen molar-refractivity contribution in [3.8, 4) is 5.75 Å². The number of fused-ring (bicyclic) bond motifs is 3. The summed E-state index contributed by atoms with van der Waals surface area (Å²) in [6.07, 6.45) is 6.07. The van der Waals surface area contributed by atoms with Crippen LogP contribution in [0.15, 0.2) is 29.4 Å². The van der Waals surface area contributed by atoms with Gasteiger partial charge < -0.3 is 4.74 Å². The van der Waals surface area contributed by atoms with Crippen molar-refractivity contribution < 1.29 is 9.53 Å². The molecule has 1 unspecified atom stereocenters. The minimum Gasteiger partial charge on any atom is -0.488 e. The average Bonchev–Trinajstić information content (AvgIpc) is 2.45. The number of benzene rings is 1. The van der Waals surface area contributed by atoms with Crippen LogP contribution < -0.4 is 4.74 Å². The van der Waals surface area contributed by atoms with Gasteiger partial charge in [-0.2, -0.15) is 0 Å². The first-order chi connectivity index (χ1) is 10.1. The monoisotopic (exact) mass is 280 g/mol. The first-order valence-corrected chi connectivity index (χ1v) is 7.87. The molecule has 1 aromatic rings. The maximum absolute atomic E-state index is 12.1. The molecule has 3 aliphatic rings. The summed E-state index contributed by atoms with van der Waals surface area (Å²) in [5.41, 5.74) is 7.51. The minimum atomic E-state index is 0.273. The van der Waals surface area contributed by atoms with Crippen molar-refractivity contribution in [2.75, 3.05) is 6.61 Å². The van der Waals surface area contributed by atoms with E-state index in [1.54, 1.807) is 0 Å². The van der Waals surface area contributed by atoms with Crippen LogP contribution in [0.1, 0.15) is 54.6 Å². The average molecular weight is 280 g/mol. The van der Waals surface area contributed by atoms with Crippen LogP contribution in [-0.4, -0.2) is 12.4 Å². The lowest BCUT2D eigenvalue weighted by atomic mass is 9.78. The predicted molar refractivity (Wildman–Crippen MR) is 83.7 cm³/mol. The molecule has 2 heteroatoms. The summed E-state index contributed by atoms with van der Waals surface area (Å²) in [4.78, 5) is 12.1. The number of allylic oxidation sites excluding steroid dienone is 2. The summed E-state index contributed by atoms with van der Waals surface area (Å²) >= 11 is 0. The van der Waals surface area contributed by atoms with E-state index in [0.717, 1.165) is 30.6 Å². The zero-order chi connectivity index (χ0) is 14.6. The van der Waals surface area contributed by atoms with Gasteiger partial charge in [-0.15, -0.1) is 0 Å². The van der Waals surface area contributed by atoms with E-state index in [-0.39, 0.29) is 5.78 Å². The van der Waals surface area contributed by atoms with E-state index in [1.807, 2.05) is 6.07 Å². The Balaban J connectivity index is 1.90. The summed E-state index contributed by atoms with van der Waals surface area (Å²) in [6, 6.07) is 4.22. The highest BCUT2D eigenvalue weighted by Crippen LogP contribution is 2.44. The minimum absolute atomic E-state index is 0.273. The first-order valence-electron chi connectivity index (χ1n) is 7.87. The van der Waals surface area contributed by atoms with Crippen molar-refractivity contribution in [1.82, 2.24) is 0 Å². The van der Waals surface area contributed by atoms with Gasteiger partial charge in [-0.1, -0.05) is 18.6 Å². The molecule has 0 spiro atoms. The van der Waals surface area contributed by atoms with Crippen LogP contribution in [0.2, 0.25) is 0 Å². The van der Waals surface area contributed by atoms with E-state index < -0.39 is 0 Å². The smallest absolute Gasteiger partial charge is 0.163 e. The molecule has 4 rings (SSSR count). The molecule has 0 saturated heterocycles. The number of carbonyl (C=O) groups excluding carboxylic acids is 1. The molecule has 0 bridgehead atoms. The summed E-state index contributed by atoms with van der Waals surface area (Å²) in [5.74, 6) is 1.71. The zero-order valence-corrected chi connectivity index (χ0v) is 12.7. The van der Waals surface area contributed by atoms with Crippen LogP contribution in [0.4, 0.5) is 0 Å². The molecule has 0 radical (unpaired) electrons. The largest absolute Gasteiger partial charge is 0.488 e. The van der Waals surface area contributed by atoms with Gasteiger partial charge in [0.05, 0.1) is 0 Å². The van der Waals surface area contributed by atoms with Gasteiger partial charge in [0.15, 0.2) is 5.78 Å². The fourth-order valence-corrected chi connectivity index (χ4v) is 4.04. The standard InChI is InChI=1S/C19H20O2/c1-11-6-12(2)19-14(7-11)10-21-18-9-15-13(8-16(18)19)4-3-5-17(15)20/h7-9,12H,3-6,10H2,1-2H3. The molecule has 0 fully saturated rings. The Labute approximate surface area is 125 Å². The lowest BCUT2D eigenvalue weighted by Gasteiger charge is -2.31. The fraction of sp³-hybridized carbons (Fsp3) is 0.421. The van der Waals surface area contributed by atoms with Gasteiger partial charge in [0.25, 0.3) is 0 Å².